The van der Waals surface area contributed by atoms with E-state index in [-0.39, 0.29) is 56.8 Å². The molecule has 0 fully saturated rings. The topological polar surface area (TPSA) is 15.8 Å². The van der Waals surface area contributed by atoms with E-state index < -0.39 is 18.4 Å². The molecular weight excluding hydrogens is 236 g/mol. The summed E-state index contributed by atoms with van der Waals surface area (Å²) in [6.45, 7) is -5.05. The molecule has 1 nitrogen and oxygen atoms in total. The third-order valence-corrected chi connectivity index (χ3v) is 1.96. The summed E-state index contributed by atoms with van der Waals surface area (Å²) in [6.07, 6.45) is 0. The molecule has 0 aliphatic rings. The molecule has 1 aromatic carbocycles. The maximum Gasteiger partial charge on any atom is 1.00 e. The third-order valence-electron chi connectivity index (χ3n) is 1.96. The van der Waals surface area contributed by atoms with Crippen LogP contribution in [0, 0.1) is 5.82 Å². The molecule has 0 aliphatic carbocycles. The van der Waals surface area contributed by atoms with Gasteiger partial charge < -0.3 is 17.9 Å². The maximum atomic E-state index is 12.7. The van der Waals surface area contributed by atoms with Gasteiger partial charge in [-0.25, -0.2) is 4.39 Å². The van der Waals surface area contributed by atoms with Crippen LogP contribution in [0.1, 0.15) is 0 Å². The summed E-state index contributed by atoms with van der Waals surface area (Å²) in [5.74, 6) is -0.544. The Morgan fingerprint density at radius 1 is 1.07 bits per heavy atom. The van der Waals surface area contributed by atoms with E-state index in [1.165, 1.54) is 6.07 Å². The average molecular weight is 241 g/mol. The Morgan fingerprint density at radius 2 is 1.73 bits per heavy atom. The summed E-state index contributed by atoms with van der Waals surface area (Å²) >= 11 is 0. The van der Waals surface area contributed by atoms with Crippen molar-refractivity contribution >= 4 is 23.5 Å². The molecule has 1 heterocycles. The minimum absolute atomic E-state index is 0. The molecule has 0 atom stereocenters. The zero-order valence-corrected chi connectivity index (χ0v) is 11.0. The molecule has 0 bridgehead atoms. The fourth-order valence-electron chi connectivity index (χ4n) is 1.30. The Bertz CT molecular complexity index is 479. The summed E-state index contributed by atoms with van der Waals surface area (Å²) in [6, 6.07) is 4.39. The molecule has 7 heteroatoms. The van der Waals surface area contributed by atoms with Crippen molar-refractivity contribution in [3.05, 3.63) is 30.1 Å². The Morgan fingerprint density at radius 3 is 2.33 bits per heavy atom. The van der Waals surface area contributed by atoms with E-state index in [0.29, 0.717) is 5.52 Å². The molecule has 0 spiro atoms. The van der Waals surface area contributed by atoms with Gasteiger partial charge in [0.15, 0.2) is 0 Å². The Kier molecular flexibility index (Phi) is 4.05. The van der Waals surface area contributed by atoms with Crippen molar-refractivity contribution in [3.63, 3.8) is 0 Å². The first kappa shape index (κ1) is 13.2. The number of H-pyrrole nitrogens is 1. The number of hydrogen-bond donors (Lipinski definition) is 1. The van der Waals surface area contributed by atoms with Crippen LogP contribution < -0.4 is 57.0 Å². The van der Waals surface area contributed by atoms with E-state index >= 15 is 0 Å². The molecule has 0 saturated heterocycles. The van der Waals surface area contributed by atoms with Crippen molar-refractivity contribution < 1.29 is 68.7 Å². The van der Waals surface area contributed by atoms with Gasteiger partial charge in [-0.1, -0.05) is 6.07 Å². The van der Waals surface area contributed by atoms with Crippen molar-refractivity contribution in [3.8, 4) is 0 Å². The molecule has 2 rings (SSSR count). The van der Waals surface area contributed by atoms with E-state index in [4.69, 9.17) is 0 Å². The molecule has 0 amide bonds. The molecule has 0 aliphatic heterocycles. The van der Waals surface area contributed by atoms with E-state index in [1.807, 2.05) is 0 Å². The van der Waals surface area contributed by atoms with Gasteiger partial charge in [0.25, 0.3) is 0 Å². The van der Waals surface area contributed by atoms with Crippen LogP contribution in [-0.4, -0.2) is 12.0 Å². The van der Waals surface area contributed by atoms with Crippen LogP contribution >= 0.6 is 0 Å². The van der Waals surface area contributed by atoms with Crippen molar-refractivity contribution in [1.82, 2.24) is 4.98 Å². The molecule has 0 unspecified atom stereocenters. The van der Waals surface area contributed by atoms with Crippen molar-refractivity contribution in [2.45, 2.75) is 0 Å². The number of fused-ring (bicyclic) bond motifs is 1. The summed E-state index contributed by atoms with van der Waals surface area (Å²) in [4.78, 5) is 2.20. The number of halogens is 4. The van der Waals surface area contributed by atoms with Crippen LogP contribution in [0.2, 0.25) is 0 Å². The van der Waals surface area contributed by atoms with Gasteiger partial charge in [-0.05, 0) is 29.2 Å². The van der Waals surface area contributed by atoms with Gasteiger partial charge >= 0.3 is 58.4 Å². The second kappa shape index (κ2) is 4.59. The first-order valence-electron chi connectivity index (χ1n) is 3.95. The van der Waals surface area contributed by atoms with E-state index in [1.54, 1.807) is 0 Å². The number of rotatable bonds is 1. The van der Waals surface area contributed by atoms with E-state index in [9.17, 15) is 17.3 Å². The Labute approximate surface area is 126 Å². The zero-order valence-electron chi connectivity index (χ0n) is 7.90. The number of aromatic nitrogens is 1. The van der Waals surface area contributed by atoms with Gasteiger partial charge in [0.1, 0.15) is 5.82 Å². The van der Waals surface area contributed by atoms with Gasteiger partial charge in [-0.15, -0.1) is 0 Å². The number of aromatic amines is 1. The number of nitrogens with one attached hydrogen (secondary N) is 1. The van der Waals surface area contributed by atoms with Gasteiger partial charge in [-0.3, -0.25) is 0 Å². The summed E-state index contributed by atoms with van der Waals surface area (Å²) in [5.41, 5.74) is -0.508. The average Bonchev–Trinajstić information content (AvgIpc) is 2.45. The van der Waals surface area contributed by atoms with Crippen LogP contribution in [0.25, 0.3) is 10.9 Å². The third kappa shape index (κ3) is 2.85. The predicted molar refractivity (Wildman–Crippen MR) is 47.0 cm³/mol. The second-order valence-corrected chi connectivity index (χ2v) is 3.03. The molecule has 15 heavy (non-hydrogen) atoms. The first-order valence-corrected chi connectivity index (χ1v) is 3.95. The monoisotopic (exact) mass is 241 g/mol. The van der Waals surface area contributed by atoms with E-state index in [0.717, 1.165) is 18.2 Å². The van der Waals surface area contributed by atoms with Crippen LogP contribution in [-0.2, 0) is 0 Å². The normalized spacial score (nSPS) is 11.5. The minimum atomic E-state index is -5.05. The summed E-state index contributed by atoms with van der Waals surface area (Å²) < 4.78 is 49.4. The van der Waals surface area contributed by atoms with Crippen molar-refractivity contribution in [2.24, 2.45) is 0 Å². The van der Waals surface area contributed by atoms with Crippen LogP contribution in [0.4, 0.5) is 17.3 Å². The Balaban J connectivity index is 0.00000112. The van der Waals surface area contributed by atoms with Gasteiger partial charge in [0, 0.05) is 5.52 Å². The quantitative estimate of drug-likeness (QED) is 0.505. The van der Waals surface area contributed by atoms with Crippen LogP contribution in [0.5, 0.6) is 0 Å². The standard InChI is InChI=1S/C8H5BF4N.K/c10-6-1-2-7-5(3-6)4-8(14-7)9(11,12)13;/h1-4,14H;/q-1;+1. The predicted octanol–water partition coefficient (Wildman–Crippen LogP) is -0.635. The zero-order chi connectivity index (χ0) is 10.3. The molecule has 74 valence electrons. The van der Waals surface area contributed by atoms with Crippen molar-refractivity contribution in [1.29, 1.82) is 0 Å². The number of hydrogen-bond acceptors (Lipinski definition) is 0. The molecule has 2 aromatic rings. The molecule has 1 aromatic heterocycles. The molecule has 1 N–H and O–H groups in total. The summed E-state index contributed by atoms with van der Waals surface area (Å²) in [5, 5.41) is 0.235. The van der Waals surface area contributed by atoms with Gasteiger partial charge in [-0.2, -0.15) is 0 Å². The fourth-order valence-corrected chi connectivity index (χ4v) is 1.30. The second-order valence-electron chi connectivity index (χ2n) is 3.03. The van der Waals surface area contributed by atoms with Gasteiger partial charge in [0.05, 0.1) is 0 Å². The van der Waals surface area contributed by atoms with Crippen molar-refractivity contribution in [2.75, 3.05) is 0 Å². The first-order chi connectivity index (χ1) is 6.47. The maximum absolute atomic E-state index is 12.7. The minimum Gasteiger partial charge on any atom is -0.444 e. The number of benzene rings is 1. The van der Waals surface area contributed by atoms with Crippen LogP contribution in [0.15, 0.2) is 24.3 Å². The van der Waals surface area contributed by atoms with Gasteiger partial charge in [0.2, 0.25) is 0 Å². The SMILES string of the molecule is Fc1ccc2[nH]c([B-](F)(F)F)cc2c1.[K+]. The Hall–Kier alpha value is 0.181. The largest absolute Gasteiger partial charge is 1.00 e. The smallest absolute Gasteiger partial charge is 0.444 e. The molecule has 0 saturated carbocycles. The summed E-state index contributed by atoms with van der Waals surface area (Å²) in [7, 11) is 0. The molecular formula is C8H5BF4KN. The van der Waals surface area contributed by atoms with E-state index in [2.05, 4.69) is 4.98 Å². The fraction of sp³-hybridized carbons (Fsp3) is 0. The molecule has 0 radical (unpaired) electrons. The van der Waals surface area contributed by atoms with Crippen LogP contribution in [0.3, 0.4) is 0 Å².